The number of pyridine rings is 1. The maximum absolute atomic E-state index is 5.58. The van der Waals surface area contributed by atoms with Crippen LogP contribution in [0.2, 0.25) is 0 Å². The highest BCUT2D eigenvalue weighted by molar-refractivity contribution is 7.09. The summed E-state index contributed by atoms with van der Waals surface area (Å²) in [6, 6.07) is 4.04. The Hall–Kier alpha value is -1.50. The van der Waals surface area contributed by atoms with Crippen LogP contribution in [0.1, 0.15) is 10.4 Å². The fourth-order valence-corrected chi connectivity index (χ4v) is 2.39. The molecule has 18 heavy (non-hydrogen) atoms. The van der Waals surface area contributed by atoms with Crippen LogP contribution < -0.4 is 16.0 Å². The number of hydrogen-bond acceptors (Lipinski definition) is 6. The molecule has 0 fully saturated rings. The van der Waals surface area contributed by atoms with Crippen LogP contribution in [0.25, 0.3) is 0 Å². The molecule has 0 aromatic carbocycles. The van der Waals surface area contributed by atoms with Crippen molar-refractivity contribution in [1.82, 2.24) is 15.4 Å². The predicted octanol–water partition coefficient (Wildman–Crippen LogP) is 1.16. The molecule has 3 N–H and O–H groups in total. The monoisotopic (exact) mass is 264 g/mol. The van der Waals surface area contributed by atoms with Crippen LogP contribution in [0.4, 0.5) is 0 Å². The minimum Gasteiger partial charge on any atom is -0.481 e. The summed E-state index contributed by atoms with van der Waals surface area (Å²) in [4.78, 5) is 9.46. The van der Waals surface area contributed by atoms with Gasteiger partial charge in [-0.25, -0.2) is 4.98 Å². The van der Waals surface area contributed by atoms with Crippen LogP contribution in [-0.4, -0.2) is 23.1 Å². The minimum absolute atomic E-state index is 0.181. The standard InChI is InChI=1S/C12H16N4OS/c1-17-12-3-2-9(6-15-12)4-10(16-13)5-11-7-14-8-18-11/h2-3,6-8,10,16H,4-5,13H2,1H3. The number of hydrazine groups is 1. The van der Waals surface area contributed by atoms with E-state index < -0.39 is 0 Å². The van der Waals surface area contributed by atoms with Gasteiger partial charge in [-0.3, -0.25) is 16.3 Å². The summed E-state index contributed by atoms with van der Waals surface area (Å²) in [5.41, 5.74) is 5.80. The molecule has 0 bridgehead atoms. The third kappa shape index (κ3) is 3.49. The number of rotatable bonds is 6. The van der Waals surface area contributed by atoms with E-state index in [9.17, 15) is 0 Å². The third-order valence-corrected chi connectivity index (χ3v) is 3.46. The fourth-order valence-electron chi connectivity index (χ4n) is 1.71. The molecule has 0 saturated carbocycles. The van der Waals surface area contributed by atoms with Crippen LogP contribution in [0.15, 0.2) is 30.0 Å². The summed E-state index contributed by atoms with van der Waals surface area (Å²) in [6.45, 7) is 0. The van der Waals surface area contributed by atoms with Gasteiger partial charge in [0.2, 0.25) is 5.88 Å². The van der Waals surface area contributed by atoms with Crippen LogP contribution in [0, 0.1) is 0 Å². The number of nitrogens with one attached hydrogen (secondary N) is 1. The lowest BCUT2D eigenvalue weighted by Gasteiger charge is -2.14. The van der Waals surface area contributed by atoms with E-state index in [1.54, 1.807) is 18.4 Å². The number of ether oxygens (including phenoxy) is 1. The first-order valence-corrected chi connectivity index (χ1v) is 6.52. The number of thiazole rings is 1. The molecule has 0 aliphatic rings. The second kappa shape index (κ2) is 6.44. The van der Waals surface area contributed by atoms with Crippen molar-refractivity contribution >= 4 is 11.3 Å². The molecule has 96 valence electrons. The molecule has 0 aliphatic carbocycles. The Morgan fingerprint density at radius 2 is 2.28 bits per heavy atom. The van der Waals surface area contributed by atoms with Crippen molar-refractivity contribution < 1.29 is 4.74 Å². The highest BCUT2D eigenvalue weighted by Crippen LogP contribution is 2.13. The summed E-state index contributed by atoms with van der Waals surface area (Å²) in [6.07, 6.45) is 5.38. The van der Waals surface area contributed by atoms with Gasteiger partial charge in [-0.1, -0.05) is 6.07 Å². The van der Waals surface area contributed by atoms with Gasteiger partial charge in [0.1, 0.15) is 0 Å². The Morgan fingerprint density at radius 1 is 1.39 bits per heavy atom. The number of nitrogens with two attached hydrogens (primary N) is 1. The normalized spacial score (nSPS) is 12.3. The maximum atomic E-state index is 5.58. The smallest absolute Gasteiger partial charge is 0.212 e. The molecular weight excluding hydrogens is 248 g/mol. The lowest BCUT2D eigenvalue weighted by molar-refractivity contribution is 0.397. The molecule has 2 heterocycles. The third-order valence-electron chi connectivity index (χ3n) is 2.66. The van der Waals surface area contributed by atoms with Crippen LogP contribution >= 0.6 is 11.3 Å². The largest absolute Gasteiger partial charge is 0.481 e. The Morgan fingerprint density at radius 3 is 2.83 bits per heavy atom. The summed E-state index contributed by atoms with van der Waals surface area (Å²) in [5.74, 6) is 6.21. The zero-order valence-corrected chi connectivity index (χ0v) is 11.0. The summed E-state index contributed by atoms with van der Waals surface area (Å²) in [7, 11) is 1.61. The van der Waals surface area contributed by atoms with Gasteiger partial charge in [0, 0.05) is 35.8 Å². The van der Waals surface area contributed by atoms with Crippen molar-refractivity contribution in [3.05, 3.63) is 40.5 Å². The van der Waals surface area contributed by atoms with Gasteiger partial charge in [0.15, 0.2) is 0 Å². The maximum Gasteiger partial charge on any atom is 0.212 e. The number of hydrogen-bond donors (Lipinski definition) is 2. The average Bonchev–Trinajstić information content (AvgIpc) is 2.91. The number of methoxy groups -OCH3 is 1. The van der Waals surface area contributed by atoms with Crippen molar-refractivity contribution in [1.29, 1.82) is 0 Å². The van der Waals surface area contributed by atoms with Gasteiger partial charge < -0.3 is 4.74 Å². The van der Waals surface area contributed by atoms with E-state index >= 15 is 0 Å². The minimum atomic E-state index is 0.181. The van der Waals surface area contributed by atoms with Crippen LogP contribution in [0.5, 0.6) is 5.88 Å². The molecule has 0 saturated heterocycles. The SMILES string of the molecule is COc1ccc(CC(Cc2cncs2)NN)cn1. The Labute approximate surface area is 110 Å². The lowest BCUT2D eigenvalue weighted by atomic mass is 10.1. The fraction of sp³-hybridized carbons (Fsp3) is 0.333. The zero-order valence-electron chi connectivity index (χ0n) is 10.2. The van der Waals surface area contributed by atoms with Crippen LogP contribution in [0.3, 0.4) is 0 Å². The van der Waals surface area contributed by atoms with Crippen molar-refractivity contribution in [2.75, 3.05) is 7.11 Å². The van der Waals surface area contributed by atoms with Crippen molar-refractivity contribution in [2.45, 2.75) is 18.9 Å². The van der Waals surface area contributed by atoms with Crippen molar-refractivity contribution in [3.8, 4) is 5.88 Å². The molecule has 1 atom stereocenters. The molecule has 0 amide bonds. The van der Waals surface area contributed by atoms with E-state index in [0.29, 0.717) is 5.88 Å². The first-order valence-electron chi connectivity index (χ1n) is 5.64. The quantitative estimate of drug-likeness (QED) is 0.605. The first kappa shape index (κ1) is 12.9. The molecule has 0 radical (unpaired) electrons. The van der Waals surface area contributed by atoms with E-state index in [0.717, 1.165) is 18.4 Å². The topological polar surface area (TPSA) is 73.1 Å². The molecule has 2 aromatic heterocycles. The van der Waals surface area contributed by atoms with Crippen molar-refractivity contribution in [2.24, 2.45) is 5.84 Å². The zero-order chi connectivity index (χ0) is 12.8. The van der Waals surface area contributed by atoms with Gasteiger partial charge in [0.05, 0.1) is 12.6 Å². The molecule has 6 heteroatoms. The Balaban J connectivity index is 1.96. The van der Waals surface area contributed by atoms with Gasteiger partial charge in [-0.2, -0.15) is 0 Å². The highest BCUT2D eigenvalue weighted by Gasteiger charge is 2.10. The molecule has 1 unspecified atom stereocenters. The lowest BCUT2D eigenvalue weighted by Crippen LogP contribution is -2.38. The first-order chi connectivity index (χ1) is 8.81. The van der Waals surface area contributed by atoms with Crippen LogP contribution in [-0.2, 0) is 12.8 Å². The number of nitrogens with zero attached hydrogens (tertiary/aromatic N) is 2. The van der Waals surface area contributed by atoms with E-state index in [1.165, 1.54) is 4.88 Å². The predicted molar refractivity (Wildman–Crippen MR) is 71.4 cm³/mol. The van der Waals surface area contributed by atoms with E-state index in [4.69, 9.17) is 10.6 Å². The summed E-state index contributed by atoms with van der Waals surface area (Å²) >= 11 is 1.64. The van der Waals surface area contributed by atoms with Gasteiger partial charge >= 0.3 is 0 Å². The molecule has 2 rings (SSSR count). The average molecular weight is 264 g/mol. The molecule has 5 nitrogen and oxygen atoms in total. The highest BCUT2D eigenvalue weighted by atomic mass is 32.1. The van der Waals surface area contributed by atoms with Crippen molar-refractivity contribution in [3.63, 3.8) is 0 Å². The molecule has 2 aromatic rings. The summed E-state index contributed by atoms with van der Waals surface area (Å²) in [5, 5.41) is 0. The Bertz CT molecular complexity index is 457. The van der Waals surface area contributed by atoms with E-state index in [-0.39, 0.29) is 6.04 Å². The van der Waals surface area contributed by atoms with Gasteiger partial charge in [-0.05, 0) is 12.0 Å². The second-order valence-corrected chi connectivity index (χ2v) is 4.92. The van der Waals surface area contributed by atoms with Gasteiger partial charge in [0.25, 0.3) is 0 Å². The van der Waals surface area contributed by atoms with E-state index in [2.05, 4.69) is 15.4 Å². The Kier molecular flexibility index (Phi) is 4.63. The van der Waals surface area contributed by atoms with E-state index in [1.807, 2.05) is 30.0 Å². The molecule has 0 aliphatic heterocycles. The molecule has 0 spiro atoms. The number of aromatic nitrogens is 2. The second-order valence-electron chi connectivity index (χ2n) is 3.95. The summed E-state index contributed by atoms with van der Waals surface area (Å²) < 4.78 is 5.03. The van der Waals surface area contributed by atoms with Gasteiger partial charge in [-0.15, -0.1) is 11.3 Å². The molecular formula is C12H16N4OS.